The lowest BCUT2D eigenvalue weighted by Crippen LogP contribution is -2.50. The van der Waals surface area contributed by atoms with Crippen LogP contribution in [0.15, 0.2) is 24.7 Å². The quantitative estimate of drug-likeness (QED) is 0.921. The zero-order valence-electron chi connectivity index (χ0n) is 13.4. The van der Waals surface area contributed by atoms with Crippen molar-refractivity contribution in [3.05, 3.63) is 41.7 Å². The predicted molar refractivity (Wildman–Crippen MR) is 84.6 cm³/mol. The van der Waals surface area contributed by atoms with Crippen LogP contribution in [0.5, 0.6) is 0 Å². The molecule has 1 atom stereocenters. The summed E-state index contributed by atoms with van der Waals surface area (Å²) < 4.78 is 1.72. The van der Waals surface area contributed by atoms with E-state index < -0.39 is 0 Å². The molecule has 2 aromatic heterocycles. The fourth-order valence-corrected chi connectivity index (χ4v) is 3.10. The number of aromatic amines is 1. The summed E-state index contributed by atoms with van der Waals surface area (Å²) in [5.41, 5.74) is 1.05. The van der Waals surface area contributed by atoms with Gasteiger partial charge in [-0.25, -0.2) is 4.98 Å². The lowest BCUT2D eigenvalue weighted by Gasteiger charge is -2.40. The zero-order chi connectivity index (χ0) is 16.4. The Kier molecular flexibility index (Phi) is 4.17. The second-order valence-electron chi connectivity index (χ2n) is 5.71. The maximum Gasteiger partial charge on any atom is 0.270 e. The molecule has 2 aromatic rings. The van der Waals surface area contributed by atoms with Gasteiger partial charge in [-0.05, 0) is 12.6 Å². The highest BCUT2D eigenvalue weighted by molar-refractivity contribution is 5.93. The molecule has 120 valence electrons. The van der Waals surface area contributed by atoms with Crippen LogP contribution in [0.3, 0.4) is 0 Å². The van der Waals surface area contributed by atoms with Crippen molar-refractivity contribution in [3.63, 3.8) is 0 Å². The molecule has 1 N–H and O–H groups in total. The van der Waals surface area contributed by atoms with Crippen LogP contribution in [0.25, 0.3) is 0 Å². The molecule has 0 saturated carbocycles. The normalized spacial score (nSPS) is 18.8. The first-order valence-electron chi connectivity index (χ1n) is 7.73. The fraction of sp³-hybridized carbons (Fsp3) is 0.438. The van der Waals surface area contributed by atoms with Gasteiger partial charge >= 0.3 is 0 Å². The largest absolute Gasteiger partial charge is 0.347 e. The number of likely N-dealkylation sites (N-methyl/N-ethyl adjacent to an activating group) is 1. The van der Waals surface area contributed by atoms with E-state index in [1.165, 1.54) is 0 Å². The first kappa shape index (κ1) is 15.3. The highest BCUT2D eigenvalue weighted by Gasteiger charge is 2.32. The average molecular weight is 312 g/mol. The molecule has 0 spiro atoms. The van der Waals surface area contributed by atoms with Crippen LogP contribution in [-0.2, 0) is 7.05 Å². The number of nitriles is 1. The molecule has 1 saturated heterocycles. The van der Waals surface area contributed by atoms with Gasteiger partial charge in [-0.3, -0.25) is 9.69 Å². The first-order valence-corrected chi connectivity index (χ1v) is 7.73. The Hall–Kier alpha value is -2.59. The van der Waals surface area contributed by atoms with E-state index in [9.17, 15) is 4.79 Å². The standard InChI is InChI=1S/C16H20N6O/c1-3-21-6-7-22(11-14(21)15-18-4-5-19-15)16(23)13-8-12(9-17)10-20(13)2/h4-5,8,10,14H,3,6-7,11H2,1-2H3,(H,18,19)/t14-/m1/s1. The summed E-state index contributed by atoms with van der Waals surface area (Å²) in [6.45, 7) is 5.10. The van der Waals surface area contributed by atoms with Gasteiger partial charge in [0.1, 0.15) is 17.6 Å². The van der Waals surface area contributed by atoms with Crippen LogP contribution in [0.2, 0.25) is 0 Å². The Balaban J connectivity index is 1.82. The molecule has 1 aliphatic heterocycles. The van der Waals surface area contributed by atoms with Crippen LogP contribution < -0.4 is 0 Å². The van der Waals surface area contributed by atoms with Crippen molar-refractivity contribution in [1.82, 2.24) is 24.3 Å². The van der Waals surface area contributed by atoms with E-state index in [1.807, 2.05) is 4.90 Å². The molecule has 1 aliphatic rings. The summed E-state index contributed by atoms with van der Waals surface area (Å²) in [5, 5.41) is 8.99. The number of hydrogen-bond donors (Lipinski definition) is 1. The van der Waals surface area contributed by atoms with E-state index in [4.69, 9.17) is 5.26 Å². The first-order chi connectivity index (χ1) is 11.1. The van der Waals surface area contributed by atoms with Crippen LogP contribution in [0.4, 0.5) is 0 Å². The maximum absolute atomic E-state index is 12.8. The number of hydrogen-bond acceptors (Lipinski definition) is 4. The molecule has 0 bridgehead atoms. The molecule has 1 amide bonds. The molecule has 3 rings (SSSR count). The Morgan fingerprint density at radius 3 is 2.96 bits per heavy atom. The van der Waals surface area contributed by atoms with Crippen molar-refractivity contribution in [2.75, 3.05) is 26.2 Å². The molecule has 0 radical (unpaired) electrons. The van der Waals surface area contributed by atoms with Crippen molar-refractivity contribution in [1.29, 1.82) is 5.26 Å². The number of nitrogens with one attached hydrogen (secondary N) is 1. The number of aryl methyl sites for hydroxylation is 1. The van der Waals surface area contributed by atoms with Gasteiger partial charge in [0.05, 0.1) is 11.6 Å². The second-order valence-corrected chi connectivity index (χ2v) is 5.71. The molecular weight excluding hydrogens is 292 g/mol. The average Bonchev–Trinajstić information content (AvgIpc) is 3.23. The van der Waals surface area contributed by atoms with Crippen molar-refractivity contribution in [2.45, 2.75) is 13.0 Å². The molecule has 1 fully saturated rings. The van der Waals surface area contributed by atoms with Gasteiger partial charge in [0.25, 0.3) is 5.91 Å². The lowest BCUT2D eigenvalue weighted by molar-refractivity contribution is 0.0471. The zero-order valence-corrected chi connectivity index (χ0v) is 13.4. The summed E-state index contributed by atoms with van der Waals surface area (Å²) in [6, 6.07) is 3.80. The monoisotopic (exact) mass is 312 g/mol. The Morgan fingerprint density at radius 1 is 1.52 bits per heavy atom. The van der Waals surface area contributed by atoms with E-state index in [-0.39, 0.29) is 11.9 Å². The summed E-state index contributed by atoms with van der Waals surface area (Å²) in [5.74, 6) is 0.843. The number of piperazine rings is 1. The molecule has 0 aromatic carbocycles. The Bertz CT molecular complexity index is 726. The number of carbonyl (C=O) groups excluding carboxylic acids is 1. The summed E-state index contributed by atoms with van der Waals surface area (Å²) in [4.78, 5) is 24.5. The number of rotatable bonds is 3. The van der Waals surface area contributed by atoms with Gasteiger partial charge in [0, 0.05) is 45.3 Å². The molecule has 0 unspecified atom stereocenters. The minimum absolute atomic E-state index is 0.0405. The topological polar surface area (TPSA) is 80.9 Å². The summed E-state index contributed by atoms with van der Waals surface area (Å²) in [7, 11) is 1.79. The third-order valence-corrected chi connectivity index (χ3v) is 4.37. The van der Waals surface area contributed by atoms with E-state index in [2.05, 4.69) is 27.9 Å². The highest BCUT2D eigenvalue weighted by atomic mass is 16.2. The van der Waals surface area contributed by atoms with E-state index in [0.29, 0.717) is 24.3 Å². The van der Waals surface area contributed by atoms with Gasteiger partial charge in [-0.1, -0.05) is 6.92 Å². The van der Waals surface area contributed by atoms with Crippen LogP contribution in [0.1, 0.15) is 34.8 Å². The fourth-order valence-electron chi connectivity index (χ4n) is 3.10. The Labute approximate surface area is 135 Å². The Morgan fingerprint density at radius 2 is 2.35 bits per heavy atom. The van der Waals surface area contributed by atoms with Crippen LogP contribution in [-0.4, -0.2) is 56.4 Å². The summed E-state index contributed by atoms with van der Waals surface area (Å²) in [6.07, 6.45) is 5.22. The molecule has 0 aliphatic carbocycles. The molecule has 3 heterocycles. The van der Waals surface area contributed by atoms with E-state index in [0.717, 1.165) is 18.9 Å². The van der Waals surface area contributed by atoms with Crippen molar-refractivity contribution < 1.29 is 4.79 Å². The lowest BCUT2D eigenvalue weighted by atomic mass is 10.1. The number of aromatic nitrogens is 3. The number of carbonyl (C=O) groups is 1. The van der Waals surface area contributed by atoms with Gasteiger partial charge in [-0.2, -0.15) is 5.26 Å². The van der Waals surface area contributed by atoms with Gasteiger partial charge in [0.2, 0.25) is 0 Å². The number of imidazole rings is 1. The summed E-state index contributed by atoms with van der Waals surface area (Å²) >= 11 is 0. The molecule has 7 heteroatoms. The van der Waals surface area contributed by atoms with Gasteiger partial charge < -0.3 is 14.5 Å². The molecule has 23 heavy (non-hydrogen) atoms. The van der Waals surface area contributed by atoms with Crippen molar-refractivity contribution in [3.8, 4) is 6.07 Å². The third kappa shape index (κ3) is 2.85. The number of H-pyrrole nitrogens is 1. The minimum atomic E-state index is -0.0405. The van der Waals surface area contributed by atoms with Crippen LogP contribution in [0, 0.1) is 11.3 Å². The maximum atomic E-state index is 12.8. The SMILES string of the molecule is CCN1CCN(C(=O)c2cc(C#N)cn2C)C[C@@H]1c1ncc[nH]1. The van der Waals surface area contributed by atoms with Gasteiger partial charge in [-0.15, -0.1) is 0 Å². The van der Waals surface area contributed by atoms with Crippen LogP contribution >= 0.6 is 0 Å². The highest BCUT2D eigenvalue weighted by Crippen LogP contribution is 2.24. The van der Waals surface area contributed by atoms with E-state index >= 15 is 0 Å². The molecular formula is C16H20N6O. The van der Waals surface area contributed by atoms with E-state index in [1.54, 1.807) is 36.3 Å². The third-order valence-electron chi connectivity index (χ3n) is 4.37. The molecule has 7 nitrogen and oxygen atoms in total. The predicted octanol–water partition coefficient (Wildman–Crippen LogP) is 1.14. The van der Waals surface area contributed by atoms with Crippen molar-refractivity contribution in [2.24, 2.45) is 7.05 Å². The smallest absolute Gasteiger partial charge is 0.270 e. The number of amides is 1. The second kappa shape index (κ2) is 6.26. The minimum Gasteiger partial charge on any atom is -0.347 e. The van der Waals surface area contributed by atoms with Crippen molar-refractivity contribution >= 4 is 5.91 Å². The number of nitrogens with zero attached hydrogens (tertiary/aromatic N) is 5. The van der Waals surface area contributed by atoms with Gasteiger partial charge in [0.15, 0.2) is 0 Å².